The van der Waals surface area contributed by atoms with Crippen molar-refractivity contribution in [3.8, 4) is 11.3 Å². The lowest BCUT2D eigenvalue weighted by Crippen LogP contribution is -2.25. The van der Waals surface area contributed by atoms with Gasteiger partial charge in [-0.15, -0.1) is 0 Å². The normalized spacial score (nSPS) is 11.6. The van der Waals surface area contributed by atoms with Gasteiger partial charge in [0.2, 0.25) is 0 Å². The summed E-state index contributed by atoms with van der Waals surface area (Å²) >= 11 is 0. The zero-order chi connectivity index (χ0) is 21.2. The molecule has 8 nitrogen and oxygen atoms in total. The third kappa shape index (κ3) is 4.33. The van der Waals surface area contributed by atoms with Crippen LogP contribution in [0.25, 0.3) is 16.9 Å². The summed E-state index contributed by atoms with van der Waals surface area (Å²) in [6, 6.07) is 6.94. The molecule has 0 fully saturated rings. The van der Waals surface area contributed by atoms with Crippen molar-refractivity contribution in [1.29, 1.82) is 0 Å². The molecule has 0 unspecified atom stereocenters. The largest absolute Gasteiger partial charge is 0.433 e. The minimum atomic E-state index is -4.75. The van der Waals surface area contributed by atoms with Gasteiger partial charge >= 0.3 is 6.18 Å². The van der Waals surface area contributed by atoms with Crippen LogP contribution in [0.4, 0.5) is 18.9 Å². The molecule has 0 aliphatic rings. The van der Waals surface area contributed by atoms with E-state index in [0.29, 0.717) is 11.1 Å². The Morgan fingerprint density at radius 2 is 1.93 bits per heavy atom. The third-order valence-corrected chi connectivity index (χ3v) is 4.14. The van der Waals surface area contributed by atoms with Gasteiger partial charge in [0.15, 0.2) is 17.0 Å². The highest BCUT2D eigenvalue weighted by Crippen LogP contribution is 2.32. The van der Waals surface area contributed by atoms with Gasteiger partial charge in [0.05, 0.1) is 10.6 Å². The predicted octanol–water partition coefficient (Wildman–Crippen LogP) is 3.85. The lowest BCUT2D eigenvalue weighted by Gasteiger charge is -2.11. The maximum absolute atomic E-state index is 13.6. The number of nitrogens with zero attached hydrogens (tertiary/aromatic N) is 4. The van der Waals surface area contributed by atoms with Crippen LogP contribution in [0.3, 0.4) is 0 Å². The van der Waals surface area contributed by atoms with E-state index in [9.17, 15) is 28.1 Å². The number of carbonyl (C=O) groups is 1. The standard InChI is InChI=1S/C18H16F3N5O3/c1-2-3-8-22-17(27)14-10-16-23-13(9-15(18(19,20)21)25(16)24-14)11-4-6-12(7-5-11)26(28)29/h4-7,9-10H,2-3,8H2,1H3,(H,22,27). The van der Waals surface area contributed by atoms with Crippen molar-refractivity contribution in [3.63, 3.8) is 0 Å². The summed E-state index contributed by atoms with van der Waals surface area (Å²) in [5, 5.41) is 17.1. The molecule has 0 bridgehead atoms. The van der Waals surface area contributed by atoms with Crippen LogP contribution >= 0.6 is 0 Å². The van der Waals surface area contributed by atoms with Crippen molar-refractivity contribution < 1.29 is 22.9 Å². The van der Waals surface area contributed by atoms with Crippen molar-refractivity contribution in [2.24, 2.45) is 0 Å². The van der Waals surface area contributed by atoms with E-state index in [1.807, 2.05) is 6.92 Å². The van der Waals surface area contributed by atoms with E-state index in [1.165, 1.54) is 30.3 Å². The van der Waals surface area contributed by atoms with E-state index in [2.05, 4.69) is 15.4 Å². The quantitative estimate of drug-likeness (QED) is 0.380. The molecule has 0 spiro atoms. The Labute approximate surface area is 162 Å². The Morgan fingerprint density at radius 1 is 1.24 bits per heavy atom. The molecule has 1 aromatic carbocycles. The van der Waals surface area contributed by atoms with Crippen LogP contribution in [0.5, 0.6) is 0 Å². The zero-order valence-electron chi connectivity index (χ0n) is 15.2. The SMILES string of the molecule is CCCCNC(=O)c1cc2nc(-c3ccc([N+](=O)[O-])cc3)cc(C(F)(F)F)n2n1. The number of fused-ring (bicyclic) bond motifs is 1. The number of alkyl halides is 3. The zero-order valence-corrected chi connectivity index (χ0v) is 15.2. The summed E-state index contributed by atoms with van der Waals surface area (Å²) in [5.74, 6) is -0.589. The van der Waals surface area contributed by atoms with E-state index < -0.39 is 22.7 Å². The summed E-state index contributed by atoms with van der Waals surface area (Å²) in [7, 11) is 0. The van der Waals surface area contributed by atoms with Crippen molar-refractivity contribution >= 4 is 17.2 Å². The van der Waals surface area contributed by atoms with Gasteiger partial charge < -0.3 is 5.32 Å². The number of nitrogens with one attached hydrogen (secondary N) is 1. The van der Waals surface area contributed by atoms with Gasteiger partial charge in [-0.1, -0.05) is 13.3 Å². The first-order valence-electron chi connectivity index (χ1n) is 8.71. The molecule has 1 N–H and O–H groups in total. The number of unbranched alkanes of at least 4 members (excludes halogenated alkanes) is 1. The molecule has 29 heavy (non-hydrogen) atoms. The summed E-state index contributed by atoms with van der Waals surface area (Å²) in [6.07, 6.45) is -3.17. The van der Waals surface area contributed by atoms with E-state index >= 15 is 0 Å². The minimum Gasteiger partial charge on any atom is -0.351 e. The molecular formula is C18H16F3N5O3. The second-order valence-electron chi connectivity index (χ2n) is 6.24. The van der Waals surface area contributed by atoms with Gasteiger partial charge in [0, 0.05) is 30.3 Å². The summed E-state index contributed by atoms with van der Waals surface area (Å²) < 4.78 is 41.3. The average Bonchev–Trinajstić information content (AvgIpc) is 3.10. The Balaban J connectivity index is 2.06. The maximum atomic E-state index is 13.6. The molecule has 2 aromatic heterocycles. The van der Waals surface area contributed by atoms with Crippen LogP contribution in [-0.2, 0) is 6.18 Å². The molecule has 152 valence electrons. The highest BCUT2D eigenvalue weighted by atomic mass is 19.4. The minimum absolute atomic E-state index is 0.0439. The number of benzene rings is 1. The molecule has 0 aliphatic heterocycles. The number of rotatable bonds is 6. The van der Waals surface area contributed by atoms with E-state index in [0.717, 1.165) is 18.9 Å². The van der Waals surface area contributed by atoms with Crippen LogP contribution in [0, 0.1) is 10.1 Å². The van der Waals surface area contributed by atoms with E-state index in [4.69, 9.17) is 0 Å². The van der Waals surface area contributed by atoms with Gasteiger partial charge in [-0.25, -0.2) is 9.50 Å². The predicted molar refractivity (Wildman–Crippen MR) is 97.3 cm³/mol. The number of hydrogen-bond donors (Lipinski definition) is 1. The second-order valence-corrected chi connectivity index (χ2v) is 6.24. The van der Waals surface area contributed by atoms with Gasteiger partial charge in [-0.3, -0.25) is 14.9 Å². The van der Waals surface area contributed by atoms with Crippen molar-refractivity contribution in [1.82, 2.24) is 19.9 Å². The van der Waals surface area contributed by atoms with Gasteiger partial charge in [0.25, 0.3) is 11.6 Å². The Morgan fingerprint density at radius 3 is 2.52 bits per heavy atom. The van der Waals surface area contributed by atoms with E-state index in [-0.39, 0.29) is 28.3 Å². The third-order valence-electron chi connectivity index (χ3n) is 4.14. The Kier molecular flexibility index (Phi) is 5.48. The highest BCUT2D eigenvalue weighted by Gasteiger charge is 2.35. The first-order valence-corrected chi connectivity index (χ1v) is 8.71. The van der Waals surface area contributed by atoms with Crippen LogP contribution in [-0.4, -0.2) is 32.0 Å². The summed E-state index contributed by atoms with van der Waals surface area (Å²) in [6.45, 7) is 2.33. The molecule has 2 heterocycles. The molecule has 0 aliphatic carbocycles. The Hall–Kier alpha value is -3.50. The maximum Gasteiger partial charge on any atom is 0.433 e. The molecular weight excluding hydrogens is 391 g/mol. The van der Waals surface area contributed by atoms with Crippen LogP contribution in [0.2, 0.25) is 0 Å². The average molecular weight is 407 g/mol. The molecule has 0 saturated heterocycles. The molecule has 0 radical (unpaired) electrons. The second kappa shape index (κ2) is 7.86. The highest BCUT2D eigenvalue weighted by molar-refractivity contribution is 5.93. The smallest absolute Gasteiger partial charge is 0.351 e. The lowest BCUT2D eigenvalue weighted by molar-refractivity contribution is -0.384. The molecule has 3 aromatic rings. The fourth-order valence-electron chi connectivity index (χ4n) is 2.66. The summed E-state index contributed by atoms with van der Waals surface area (Å²) in [4.78, 5) is 26.4. The first kappa shape index (κ1) is 20.2. The number of nitro groups is 1. The molecule has 1 amide bonds. The van der Waals surface area contributed by atoms with Gasteiger partial charge in [0.1, 0.15) is 0 Å². The summed E-state index contributed by atoms with van der Waals surface area (Å²) in [5.41, 5.74) is -1.42. The monoisotopic (exact) mass is 407 g/mol. The number of carbonyl (C=O) groups excluding carboxylic acids is 1. The van der Waals surface area contributed by atoms with Crippen molar-refractivity contribution in [2.45, 2.75) is 25.9 Å². The number of aromatic nitrogens is 3. The molecule has 11 heteroatoms. The van der Waals surface area contributed by atoms with Gasteiger partial charge in [-0.05, 0) is 24.6 Å². The number of hydrogen-bond acceptors (Lipinski definition) is 5. The molecule has 0 atom stereocenters. The fraction of sp³-hybridized carbons (Fsp3) is 0.278. The van der Waals surface area contributed by atoms with Crippen molar-refractivity contribution in [2.75, 3.05) is 6.54 Å². The first-order chi connectivity index (χ1) is 13.7. The van der Waals surface area contributed by atoms with Crippen LogP contribution in [0.15, 0.2) is 36.4 Å². The molecule has 0 saturated carbocycles. The lowest BCUT2D eigenvalue weighted by atomic mass is 10.1. The number of amides is 1. The van der Waals surface area contributed by atoms with Gasteiger partial charge in [-0.2, -0.15) is 18.3 Å². The fourth-order valence-corrected chi connectivity index (χ4v) is 2.66. The topological polar surface area (TPSA) is 102 Å². The van der Waals surface area contributed by atoms with Crippen molar-refractivity contribution in [3.05, 3.63) is 57.9 Å². The van der Waals surface area contributed by atoms with E-state index in [1.54, 1.807) is 0 Å². The Bertz CT molecular complexity index is 1060. The number of non-ortho nitro benzene ring substituents is 1. The van der Waals surface area contributed by atoms with Crippen LogP contribution in [0.1, 0.15) is 35.9 Å². The molecule has 3 rings (SSSR count). The van der Waals surface area contributed by atoms with Crippen LogP contribution < -0.4 is 5.32 Å². The number of nitro benzene ring substituents is 1. The number of halogens is 3.